The number of nitrogens with zero attached hydrogens (tertiary/aromatic N) is 2. The molecule has 134 valence electrons. The van der Waals surface area contributed by atoms with Crippen LogP contribution < -0.4 is 20.5 Å². The van der Waals surface area contributed by atoms with Crippen molar-refractivity contribution in [1.82, 2.24) is 9.97 Å². The standard InChI is InChI=1S/C21H18N4O2/c1-26-15-9-11-16(12-10-15)27-21-19(22)20(23-13-24-21)25-18-8-4-6-14-5-2-3-7-17(14)18/h2-13H,22H2,1H3,(H,23,24,25). The maximum Gasteiger partial charge on any atom is 0.248 e. The summed E-state index contributed by atoms with van der Waals surface area (Å²) < 4.78 is 11.0. The van der Waals surface area contributed by atoms with Gasteiger partial charge in [0.1, 0.15) is 23.5 Å². The molecule has 0 radical (unpaired) electrons. The third-order valence-corrected chi connectivity index (χ3v) is 4.16. The number of methoxy groups -OCH3 is 1. The van der Waals surface area contributed by atoms with Crippen molar-refractivity contribution in [3.8, 4) is 17.4 Å². The van der Waals surface area contributed by atoms with E-state index in [0.717, 1.165) is 22.2 Å². The maximum absolute atomic E-state index is 6.24. The first-order valence-electron chi connectivity index (χ1n) is 8.42. The van der Waals surface area contributed by atoms with Crippen LogP contribution in [0.2, 0.25) is 0 Å². The van der Waals surface area contributed by atoms with Crippen LogP contribution in [-0.4, -0.2) is 17.1 Å². The van der Waals surface area contributed by atoms with Crippen molar-refractivity contribution in [2.75, 3.05) is 18.2 Å². The topological polar surface area (TPSA) is 82.3 Å². The van der Waals surface area contributed by atoms with Crippen LogP contribution in [0.1, 0.15) is 0 Å². The van der Waals surface area contributed by atoms with Crippen molar-refractivity contribution in [1.29, 1.82) is 0 Å². The average molecular weight is 358 g/mol. The summed E-state index contributed by atoms with van der Waals surface area (Å²) in [7, 11) is 1.61. The molecule has 0 aliphatic carbocycles. The van der Waals surface area contributed by atoms with Crippen molar-refractivity contribution >= 4 is 28.0 Å². The van der Waals surface area contributed by atoms with Gasteiger partial charge in [-0.05, 0) is 35.7 Å². The quantitative estimate of drug-likeness (QED) is 0.535. The molecular weight excluding hydrogens is 340 g/mol. The number of anilines is 3. The van der Waals surface area contributed by atoms with E-state index in [2.05, 4.69) is 27.4 Å². The van der Waals surface area contributed by atoms with Gasteiger partial charge in [0.05, 0.1) is 7.11 Å². The molecule has 0 aliphatic rings. The predicted molar refractivity (Wildman–Crippen MR) is 107 cm³/mol. The molecule has 4 aromatic rings. The Morgan fingerprint density at radius 3 is 2.41 bits per heavy atom. The number of nitrogens with two attached hydrogens (primary N) is 1. The molecule has 0 aliphatic heterocycles. The summed E-state index contributed by atoms with van der Waals surface area (Å²) in [6, 6.07) is 21.3. The smallest absolute Gasteiger partial charge is 0.248 e. The largest absolute Gasteiger partial charge is 0.497 e. The molecule has 0 unspecified atom stereocenters. The van der Waals surface area contributed by atoms with Crippen LogP contribution in [0.4, 0.5) is 17.2 Å². The molecule has 0 saturated carbocycles. The first kappa shape index (κ1) is 16.7. The Hall–Kier alpha value is -3.80. The lowest BCUT2D eigenvalue weighted by Gasteiger charge is -2.13. The Balaban J connectivity index is 1.63. The molecule has 0 fully saturated rings. The number of rotatable bonds is 5. The molecule has 3 N–H and O–H groups in total. The third-order valence-electron chi connectivity index (χ3n) is 4.16. The zero-order chi connectivity index (χ0) is 18.6. The van der Waals surface area contributed by atoms with Crippen molar-refractivity contribution in [3.05, 3.63) is 73.1 Å². The number of nitrogen functional groups attached to an aromatic ring is 1. The second-order valence-electron chi connectivity index (χ2n) is 5.87. The van der Waals surface area contributed by atoms with Gasteiger partial charge >= 0.3 is 0 Å². The third kappa shape index (κ3) is 3.46. The Bertz CT molecular complexity index is 1080. The molecule has 0 amide bonds. The summed E-state index contributed by atoms with van der Waals surface area (Å²) in [4.78, 5) is 8.41. The van der Waals surface area contributed by atoms with Crippen molar-refractivity contribution in [3.63, 3.8) is 0 Å². The van der Waals surface area contributed by atoms with Crippen LogP contribution in [0.25, 0.3) is 10.8 Å². The van der Waals surface area contributed by atoms with Crippen molar-refractivity contribution in [2.45, 2.75) is 0 Å². The second-order valence-corrected chi connectivity index (χ2v) is 5.87. The molecular formula is C21H18N4O2. The minimum absolute atomic E-state index is 0.290. The fourth-order valence-electron chi connectivity index (χ4n) is 2.78. The second kappa shape index (κ2) is 7.21. The summed E-state index contributed by atoms with van der Waals surface area (Å²) >= 11 is 0. The molecule has 0 bridgehead atoms. The van der Waals surface area contributed by atoms with E-state index in [0.29, 0.717) is 17.3 Å². The van der Waals surface area contributed by atoms with Crippen molar-refractivity contribution < 1.29 is 9.47 Å². The van der Waals surface area contributed by atoms with E-state index in [9.17, 15) is 0 Å². The fraction of sp³-hybridized carbons (Fsp3) is 0.0476. The lowest BCUT2D eigenvalue weighted by Crippen LogP contribution is -2.03. The number of nitrogens with one attached hydrogen (secondary N) is 1. The molecule has 6 nitrogen and oxygen atoms in total. The normalized spacial score (nSPS) is 10.6. The number of ether oxygens (including phenoxy) is 2. The first-order valence-corrected chi connectivity index (χ1v) is 8.42. The number of hydrogen-bond acceptors (Lipinski definition) is 6. The molecule has 0 saturated heterocycles. The van der Waals surface area contributed by atoms with E-state index in [4.69, 9.17) is 15.2 Å². The maximum atomic E-state index is 6.24. The van der Waals surface area contributed by atoms with Gasteiger partial charge in [0, 0.05) is 11.1 Å². The summed E-state index contributed by atoms with van der Waals surface area (Å²) in [6.45, 7) is 0. The summed E-state index contributed by atoms with van der Waals surface area (Å²) in [5.41, 5.74) is 7.49. The first-order chi connectivity index (χ1) is 13.2. The number of hydrogen-bond donors (Lipinski definition) is 2. The van der Waals surface area contributed by atoms with Crippen LogP contribution in [0.3, 0.4) is 0 Å². The van der Waals surface area contributed by atoms with Gasteiger partial charge in [-0.3, -0.25) is 0 Å². The minimum atomic E-state index is 0.290. The molecule has 4 rings (SSSR count). The Morgan fingerprint density at radius 1 is 0.852 bits per heavy atom. The van der Waals surface area contributed by atoms with Crippen molar-refractivity contribution in [2.24, 2.45) is 0 Å². The number of aromatic nitrogens is 2. The van der Waals surface area contributed by atoms with E-state index < -0.39 is 0 Å². The van der Waals surface area contributed by atoms with E-state index in [-0.39, 0.29) is 5.88 Å². The molecule has 27 heavy (non-hydrogen) atoms. The Morgan fingerprint density at radius 2 is 1.59 bits per heavy atom. The van der Waals surface area contributed by atoms with Crippen LogP contribution in [0.5, 0.6) is 17.4 Å². The van der Waals surface area contributed by atoms with Gasteiger partial charge in [0.15, 0.2) is 5.82 Å². The summed E-state index contributed by atoms with van der Waals surface area (Å²) in [6.07, 6.45) is 1.42. The van der Waals surface area contributed by atoms with Crippen LogP contribution >= 0.6 is 0 Å². The van der Waals surface area contributed by atoms with E-state index in [1.165, 1.54) is 6.33 Å². The highest BCUT2D eigenvalue weighted by molar-refractivity contribution is 5.96. The molecule has 1 heterocycles. The summed E-state index contributed by atoms with van der Waals surface area (Å²) in [5, 5.41) is 5.49. The molecule has 6 heteroatoms. The van der Waals surface area contributed by atoms with E-state index in [1.807, 2.05) is 42.5 Å². The highest BCUT2D eigenvalue weighted by Gasteiger charge is 2.12. The predicted octanol–water partition coefficient (Wildman–Crippen LogP) is 4.76. The average Bonchev–Trinajstić information content (AvgIpc) is 2.72. The van der Waals surface area contributed by atoms with Crippen LogP contribution in [0.15, 0.2) is 73.1 Å². The lowest BCUT2D eigenvalue weighted by molar-refractivity contribution is 0.412. The lowest BCUT2D eigenvalue weighted by atomic mass is 10.1. The van der Waals surface area contributed by atoms with Gasteiger partial charge in [0.2, 0.25) is 5.88 Å². The molecule has 0 atom stereocenters. The minimum Gasteiger partial charge on any atom is -0.497 e. The molecule has 1 aromatic heterocycles. The van der Waals surface area contributed by atoms with Gasteiger partial charge in [-0.1, -0.05) is 36.4 Å². The monoisotopic (exact) mass is 358 g/mol. The van der Waals surface area contributed by atoms with Crippen LogP contribution in [0, 0.1) is 0 Å². The van der Waals surface area contributed by atoms with Gasteiger partial charge in [-0.2, -0.15) is 4.98 Å². The van der Waals surface area contributed by atoms with Crippen LogP contribution in [-0.2, 0) is 0 Å². The number of fused-ring (bicyclic) bond motifs is 1. The molecule has 3 aromatic carbocycles. The van der Waals surface area contributed by atoms with Gasteiger partial charge in [-0.15, -0.1) is 0 Å². The zero-order valence-corrected chi connectivity index (χ0v) is 14.7. The van der Waals surface area contributed by atoms with Gasteiger partial charge in [0.25, 0.3) is 0 Å². The van der Waals surface area contributed by atoms with Gasteiger partial charge < -0.3 is 20.5 Å². The Kier molecular flexibility index (Phi) is 4.45. The fourth-order valence-corrected chi connectivity index (χ4v) is 2.78. The van der Waals surface area contributed by atoms with Gasteiger partial charge in [-0.25, -0.2) is 4.98 Å². The van der Waals surface area contributed by atoms with E-state index >= 15 is 0 Å². The SMILES string of the molecule is COc1ccc(Oc2ncnc(Nc3cccc4ccccc34)c2N)cc1. The zero-order valence-electron chi connectivity index (χ0n) is 14.7. The summed E-state index contributed by atoms with van der Waals surface area (Å²) in [5.74, 6) is 2.14. The highest BCUT2D eigenvalue weighted by atomic mass is 16.5. The highest BCUT2D eigenvalue weighted by Crippen LogP contribution is 2.33. The molecule has 0 spiro atoms. The Labute approximate surface area is 156 Å². The van der Waals surface area contributed by atoms with E-state index in [1.54, 1.807) is 19.2 Å². The number of benzene rings is 3.